The van der Waals surface area contributed by atoms with E-state index in [4.69, 9.17) is 14.9 Å². The van der Waals surface area contributed by atoms with Gasteiger partial charge in [-0.3, -0.25) is 10.1 Å². The molecule has 1 aromatic heterocycles. The number of nitrogens with two attached hydrogens (primary N) is 1. The Morgan fingerprint density at radius 2 is 2.00 bits per heavy atom. The molecule has 0 saturated carbocycles. The number of sulfonamides is 1. The molecule has 0 radical (unpaired) electrons. The van der Waals surface area contributed by atoms with Crippen molar-refractivity contribution in [3.8, 4) is 0 Å². The van der Waals surface area contributed by atoms with Crippen LogP contribution in [0, 0.1) is 10.1 Å². The van der Waals surface area contributed by atoms with Gasteiger partial charge in [0.15, 0.2) is 0 Å². The summed E-state index contributed by atoms with van der Waals surface area (Å²) in [5, 5.41) is 10.5. The predicted octanol–water partition coefficient (Wildman–Crippen LogP) is 1.38. The summed E-state index contributed by atoms with van der Waals surface area (Å²) in [6.07, 6.45) is 0. The molecule has 1 heterocycles. The van der Waals surface area contributed by atoms with E-state index in [0.717, 1.165) is 16.4 Å². The molecule has 0 bridgehead atoms. The zero-order chi connectivity index (χ0) is 18.8. The molecule has 0 unspecified atom stereocenters. The maximum absolute atomic E-state index is 12.0. The number of furan rings is 1. The summed E-state index contributed by atoms with van der Waals surface area (Å²) >= 11 is 0. The average molecular weight is 369 g/mol. The molecular weight excluding hydrogens is 354 g/mol. The summed E-state index contributed by atoms with van der Waals surface area (Å²) in [7, 11) is -1.04. The highest BCUT2D eigenvalue weighted by Crippen LogP contribution is 2.22. The molecule has 2 N–H and O–H groups in total. The Morgan fingerprint density at radius 3 is 2.60 bits per heavy atom. The van der Waals surface area contributed by atoms with Gasteiger partial charge >= 0.3 is 5.97 Å². The van der Waals surface area contributed by atoms with Crippen LogP contribution in [0.25, 0.3) is 0 Å². The lowest BCUT2D eigenvalue weighted by Crippen LogP contribution is -2.21. The van der Waals surface area contributed by atoms with Crippen LogP contribution in [0.3, 0.4) is 0 Å². The third kappa shape index (κ3) is 3.95. The maximum Gasteiger partial charge on any atom is 0.340 e. The van der Waals surface area contributed by atoms with Crippen molar-refractivity contribution >= 4 is 27.4 Å². The van der Waals surface area contributed by atoms with Gasteiger partial charge in [-0.05, 0) is 18.2 Å². The van der Waals surface area contributed by atoms with Crippen molar-refractivity contribution < 1.29 is 27.3 Å². The zero-order valence-corrected chi connectivity index (χ0v) is 14.1. The molecule has 1 aromatic carbocycles. The van der Waals surface area contributed by atoms with E-state index in [-0.39, 0.29) is 34.4 Å². The second-order valence-corrected chi connectivity index (χ2v) is 7.20. The van der Waals surface area contributed by atoms with Crippen molar-refractivity contribution in [3.05, 3.63) is 51.8 Å². The van der Waals surface area contributed by atoms with Crippen molar-refractivity contribution in [1.29, 1.82) is 0 Å². The number of carbonyl (C=O) groups excluding carboxylic acids is 1. The number of benzene rings is 1. The standard InChI is InChI=1S/C14H15N3O7S/c1-16(2)25(21,22)13-6-4-10(24-13)8-23-14(18)11-7-9(17(19)20)3-5-12(11)15/h3-7H,8,15H2,1-2H3. The molecule has 0 spiro atoms. The van der Waals surface area contributed by atoms with Crippen LogP contribution in [0.1, 0.15) is 16.1 Å². The number of rotatable bonds is 6. The van der Waals surface area contributed by atoms with E-state index in [2.05, 4.69) is 0 Å². The number of ether oxygens (including phenoxy) is 1. The first-order valence-electron chi connectivity index (χ1n) is 6.85. The highest BCUT2D eigenvalue weighted by molar-refractivity contribution is 7.88. The smallest absolute Gasteiger partial charge is 0.340 e. The summed E-state index contributed by atoms with van der Waals surface area (Å²) in [4.78, 5) is 22.1. The average Bonchev–Trinajstić information content (AvgIpc) is 3.02. The fourth-order valence-corrected chi connectivity index (χ4v) is 2.62. The van der Waals surface area contributed by atoms with Gasteiger partial charge in [0.25, 0.3) is 15.7 Å². The van der Waals surface area contributed by atoms with Crippen LogP contribution < -0.4 is 5.73 Å². The molecule has 0 amide bonds. The van der Waals surface area contributed by atoms with E-state index < -0.39 is 20.9 Å². The van der Waals surface area contributed by atoms with Gasteiger partial charge in [-0.15, -0.1) is 0 Å². The van der Waals surface area contributed by atoms with Gasteiger partial charge in [-0.25, -0.2) is 17.5 Å². The van der Waals surface area contributed by atoms with Crippen LogP contribution >= 0.6 is 0 Å². The summed E-state index contributed by atoms with van der Waals surface area (Å²) in [5.74, 6) is -0.799. The number of anilines is 1. The summed E-state index contributed by atoms with van der Waals surface area (Å²) < 4.78 is 34.9. The summed E-state index contributed by atoms with van der Waals surface area (Å²) in [5.41, 5.74) is 5.17. The van der Waals surface area contributed by atoms with Gasteiger partial charge in [0.2, 0.25) is 5.09 Å². The summed E-state index contributed by atoms with van der Waals surface area (Å²) in [6.45, 7) is -0.357. The van der Waals surface area contributed by atoms with E-state index in [9.17, 15) is 23.3 Å². The number of non-ortho nitro benzene ring substituents is 1. The van der Waals surface area contributed by atoms with Gasteiger partial charge < -0.3 is 14.9 Å². The molecule has 0 atom stereocenters. The molecule has 0 aliphatic carbocycles. The van der Waals surface area contributed by atoms with Crippen LogP contribution in [0.4, 0.5) is 11.4 Å². The fraction of sp³-hybridized carbons (Fsp3) is 0.214. The first-order chi connectivity index (χ1) is 11.6. The molecule has 10 nitrogen and oxygen atoms in total. The SMILES string of the molecule is CN(C)S(=O)(=O)c1ccc(COC(=O)c2cc([N+](=O)[O-])ccc2N)o1. The van der Waals surface area contributed by atoms with E-state index in [1.54, 1.807) is 0 Å². The number of hydrogen-bond acceptors (Lipinski definition) is 8. The van der Waals surface area contributed by atoms with Crippen LogP contribution in [0.15, 0.2) is 39.8 Å². The highest BCUT2D eigenvalue weighted by Gasteiger charge is 2.22. The minimum Gasteiger partial charge on any atom is -0.454 e. The molecule has 0 aliphatic heterocycles. The Labute approximate surface area is 143 Å². The quantitative estimate of drug-likeness (QED) is 0.348. The second-order valence-electron chi connectivity index (χ2n) is 5.11. The van der Waals surface area contributed by atoms with E-state index in [1.165, 1.54) is 32.3 Å². The number of nitro benzene ring substituents is 1. The number of nitrogen functional groups attached to an aromatic ring is 1. The second kappa shape index (κ2) is 6.91. The Hall–Kier alpha value is -2.92. The number of carbonyl (C=O) groups is 1. The molecule has 0 fully saturated rings. The predicted molar refractivity (Wildman–Crippen MR) is 86.2 cm³/mol. The molecule has 0 saturated heterocycles. The molecule has 134 valence electrons. The molecule has 25 heavy (non-hydrogen) atoms. The van der Waals surface area contributed by atoms with Crippen molar-refractivity contribution in [1.82, 2.24) is 4.31 Å². The normalized spacial score (nSPS) is 11.5. The van der Waals surface area contributed by atoms with Gasteiger partial charge in [-0.1, -0.05) is 0 Å². The number of esters is 1. The lowest BCUT2D eigenvalue weighted by molar-refractivity contribution is -0.384. The molecular formula is C14H15N3O7S. The topological polar surface area (TPSA) is 146 Å². The van der Waals surface area contributed by atoms with Gasteiger partial charge in [0.1, 0.15) is 12.4 Å². The first-order valence-corrected chi connectivity index (χ1v) is 8.29. The molecule has 11 heteroatoms. The van der Waals surface area contributed by atoms with E-state index >= 15 is 0 Å². The zero-order valence-electron chi connectivity index (χ0n) is 13.3. The van der Waals surface area contributed by atoms with Gasteiger partial charge in [-0.2, -0.15) is 0 Å². The number of nitro groups is 1. The highest BCUT2D eigenvalue weighted by atomic mass is 32.2. The Morgan fingerprint density at radius 1 is 1.32 bits per heavy atom. The third-order valence-corrected chi connectivity index (χ3v) is 4.87. The Bertz CT molecular complexity index is 918. The molecule has 2 rings (SSSR count). The molecule has 0 aliphatic rings. The lowest BCUT2D eigenvalue weighted by atomic mass is 10.1. The van der Waals surface area contributed by atoms with Crippen molar-refractivity contribution in [3.63, 3.8) is 0 Å². The Balaban J connectivity index is 2.12. The van der Waals surface area contributed by atoms with Gasteiger partial charge in [0.05, 0.1) is 10.5 Å². The number of nitrogens with zero attached hydrogens (tertiary/aromatic N) is 2. The van der Waals surface area contributed by atoms with E-state index in [1.807, 2.05) is 0 Å². The van der Waals surface area contributed by atoms with Crippen LogP contribution in [-0.4, -0.2) is 37.7 Å². The van der Waals surface area contributed by atoms with Crippen molar-refractivity contribution in [2.24, 2.45) is 0 Å². The van der Waals surface area contributed by atoms with Crippen LogP contribution in [0.5, 0.6) is 0 Å². The van der Waals surface area contributed by atoms with Crippen molar-refractivity contribution in [2.75, 3.05) is 19.8 Å². The largest absolute Gasteiger partial charge is 0.454 e. The maximum atomic E-state index is 12.0. The van der Waals surface area contributed by atoms with E-state index in [0.29, 0.717) is 0 Å². The minimum atomic E-state index is -3.74. The van der Waals surface area contributed by atoms with Crippen molar-refractivity contribution in [2.45, 2.75) is 11.7 Å². The summed E-state index contributed by atoms with van der Waals surface area (Å²) in [6, 6.07) is 5.98. The fourth-order valence-electron chi connectivity index (χ4n) is 1.80. The minimum absolute atomic E-state index is 0.0194. The Kier molecular flexibility index (Phi) is 5.09. The molecule has 2 aromatic rings. The van der Waals surface area contributed by atoms with Gasteiger partial charge in [0, 0.05) is 31.9 Å². The third-order valence-electron chi connectivity index (χ3n) is 3.19. The lowest BCUT2D eigenvalue weighted by Gasteiger charge is -2.08. The first kappa shape index (κ1) is 18.4. The van der Waals surface area contributed by atoms with Crippen LogP contribution in [-0.2, 0) is 21.4 Å². The monoisotopic (exact) mass is 369 g/mol. The number of hydrogen-bond donors (Lipinski definition) is 1. The van der Waals surface area contributed by atoms with Crippen LogP contribution in [0.2, 0.25) is 0 Å².